The van der Waals surface area contributed by atoms with Gasteiger partial charge in [-0.05, 0) is 19.1 Å². The van der Waals surface area contributed by atoms with Crippen LogP contribution >= 0.6 is 0 Å². The number of rotatable bonds is 3. The highest BCUT2D eigenvalue weighted by molar-refractivity contribution is 6.11. The Morgan fingerprint density at radius 1 is 1.30 bits per heavy atom. The van der Waals surface area contributed by atoms with Crippen LogP contribution in [0.1, 0.15) is 39.4 Å². The lowest BCUT2D eigenvalue weighted by atomic mass is 10.1. The molecule has 11 heteroatoms. The fourth-order valence-corrected chi connectivity index (χ4v) is 2.87. The number of carbonyl (C=O) groups excluding carboxylic acids is 2. The molecule has 3 heterocycles. The number of pyridine rings is 1. The van der Waals surface area contributed by atoms with Gasteiger partial charge in [0.1, 0.15) is 22.6 Å². The molecule has 2 aromatic rings. The number of carbonyl (C=O) groups is 2. The molecule has 0 bridgehead atoms. The number of hydrogen-bond acceptors (Lipinski definition) is 6. The van der Waals surface area contributed by atoms with Crippen molar-refractivity contribution in [2.24, 2.45) is 0 Å². The van der Waals surface area contributed by atoms with Crippen molar-refractivity contribution in [3.05, 3.63) is 35.2 Å². The predicted octanol–water partition coefficient (Wildman–Crippen LogP) is 2.31. The van der Waals surface area contributed by atoms with Gasteiger partial charge < -0.3 is 9.47 Å². The van der Waals surface area contributed by atoms with Crippen molar-refractivity contribution in [2.45, 2.75) is 19.1 Å². The first-order chi connectivity index (χ1) is 12.7. The van der Waals surface area contributed by atoms with E-state index >= 15 is 0 Å². The van der Waals surface area contributed by atoms with E-state index in [0.29, 0.717) is 0 Å². The van der Waals surface area contributed by atoms with Crippen molar-refractivity contribution in [1.82, 2.24) is 14.8 Å². The highest BCUT2D eigenvalue weighted by atomic mass is 19.4. The van der Waals surface area contributed by atoms with Gasteiger partial charge in [-0.15, -0.1) is 0 Å². The molecule has 0 fully saturated rings. The number of esters is 1. The van der Waals surface area contributed by atoms with E-state index in [1.807, 2.05) is 0 Å². The van der Waals surface area contributed by atoms with Crippen LogP contribution in [0.4, 0.5) is 19.0 Å². The molecule has 2 aromatic heterocycles. The fourth-order valence-electron chi connectivity index (χ4n) is 2.87. The first-order valence-corrected chi connectivity index (χ1v) is 7.79. The zero-order chi connectivity index (χ0) is 19.9. The Balaban J connectivity index is 2.06. The van der Waals surface area contributed by atoms with Crippen LogP contribution in [0.3, 0.4) is 0 Å². The second-order valence-corrected chi connectivity index (χ2v) is 5.83. The zero-order valence-electron chi connectivity index (χ0n) is 14.6. The molecular weight excluding hydrogens is 369 g/mol. The second kappa shape index (κ2) is 6.56. The summed E-state index contributed by atoms with van der Waals surface area (Å²) >= 11 is 0. The van der Waals surface area contributed by atoms with E-state index in [4.69, 9.17) is 4.74 Å². The number of ether oxygens (including phenoxy) is 2. The van der Waals surface area contributed by atoms with Gasteiger partial charge >= 0.3 is 12.1 Å². The molecule has 0 saturated carbocycles. The molecule has 1 amide bonds. The molecular formula is C16H15F3N4O4. The molecule has 0 radical (unpaired) electrons. The number of halogens is 3. The highest BCUT2D eigenvalue weighted by Crippen LogP contribution is 2.37. The van der Waals surface area contributed by atoms with Crippen molar-refractivity contribution >= 4 is 17.7 Å². The molecule has 0 aliphatic carbocycles. The summed E-state index contributed by atoms with van der Waals surface area (Å²) in [5, 5.41) is 4.04. The number of alkyl halides is 3. The Bertz CT molecular complexity index is 910. The van der Waals surface area contributed by atoms with Gasteiger partial charge in [-0.2, -0.15) is 23.3 Å². The number of nitrogens with zero attached hydrogens (tertiary/aromatic N) is 4. The maximum atomic E-state index is 13.0. The van der Waals surface area contributed by atoms with E-state index in [0.717, 1.165) is 19.2 Å². The Hall–Kier alpha value is -3.11. The van der Waals surface area contributed by atoms with Crippen LogP contribution in [-0.2, 0) is 10.9 Å². The SMILES string of the molecule is COC(=O)c1cnn2c1C(=O)N(c1ccc(C(F)(F)F)c(OC)n1)C[C@@H]2C. The molecule has 27 heavy (non-hydrogen) atoms. The van der Waals surface area contributed by atoms with Crippen molar-refractivity contribution in [2.75, 3.05) is 25.7 Å². The van der Waals surface area contributed by atoms with Crippen LogP contribution in [0.2, 0.25) is 0 Å². The Morgan fingerprint density at radius 3 is 2.59 bits per heavy atom. The monoisotopic (exact) mass is 384 g/mol. The van der Waals surface area contributed by atoms with Gasteiger partial charge in [-0.3, -0.25) is 14.4 Å². The first kappa shape index (κ1) is 18.7. The molecule has 1 aliphatic heterocycles. The summed E-state index contributed by atoms with van der Waals surface area (Å²) in [6.07, 6.45) is -3.42. The topological polar surface area (TPSA) is 86.5 Å². The van der Waals surface area contributed by atoms with Gasteiger partial charge in [0.05, 0.1) is 26.5 Å². The Morgan fingerprint density at radius 2 is 2.00 bits per heavy atom. The van der Waals surface area contributed by atoms with Gasteiger partial charge in [0.15, 0.2) is 0 Å². The maximum Gasteiger partial charge on any atom is 0.421 e. The number of anilines is 1. The minimum absolute atomic E-state index is 0.0127. The molecule has 0 aromatic carbocycles. The van der Waals surface area contributed by atoms with Crippen LogP contribution in [0, 0.1) is 0 Å². The van der Waals surface area contributed by atoms with Crippen LogP contribution in [0.5, 0.6) is 5.88 Å². The second-order valence-electron chi connectivity index (χ2n) is 5.83. The van der Waals surface area contributed by atoms with E-state index in [2.05, 4.69) is 14.8 Å². The summed E-state index contributed by atoms with van der Waals surface area (Å²) in [5.74, 6) is -2.04. The Kier molecular flexibility index (Phi) is 4.54. The summed E-state index contributed by atoms with van der Waals surface area (Å²) < 4.78 is 49.8. The highest BCUT2D eigenvalue weighted by Gasteiger charge is 2.38. The van der Waals surface area contributed by atoms with Gasteiger partial charge in [-0.25, -0.2) is 4.79 Å². The third kappa shape index (κ3) is 3.09. The van der Waals surface area contributed by atoms with Gasteiger partial charge in [0.25, 0.3) is 5.91 Å². The third-order valence-electron chi connectivity index (χ3n) is 4.13. The first-order valence-electron chi connectivity index (χ1n) is 7.79. The normalized spacial score (nSPS) is 16.9. The summed E-state index contributed by atoms with van der Waals surface area (Å²) in [4.78, 5) is 29.8. The molecule has 0 saturated heterocycles. The van der Waals surface area contributed by atoms with E-state index in [1.54, 1.807) is 6.92 Å². The quantitative estimate of drug-likeness (QED) is 0.755. The molecule has 0 unspecified atom stereocenters. The minimum Gasteiger partial charge on any atom is -0.481 e. The van der Waals surface area contributed by atoms with Crippen LogP contribution in [-0.4, -0.2) is 47.4 Å². The fraction of sp³-hybridized carbons (Fsp3) is 0.375. The lowest BCUT2D eigenvalue weighted by Crippen LogP contribution is -2.43. The van der Waals surface area contributed by atoms with Crippen LogP contribution in [0.25, 0.3) is 0 Å². The minimum atomic E-state index is -4.65. The average Bonchev–Trinajstić information content (AvgIpc) is 3.08. The lowest BCUT2D eigenvalue weighted by molar-refractivity contribution is -0.139. The van der Waals surface area contributed by atoms with E-state index in [1.165, 1.54) is 22.9 Å². The van der Waals surface area contributed by atoms with Crippen LogP contribution in [0.15, 0.2) is 18.3 Å². The number of methoxy groups -OCH3 is 2. The summed E-state index contributed by atoms with van der Waals surface area (Å²) in [6, 6.07) is 1.54. The van der Waals surface area contributed by atoms with Gasteiger partial charge in [-0.1, -0.05) is 0 Å². The lowest BCUT2D eigenvalue weighted by Gasteiger charge is -2.31. The van der Waals surface area contributed by atoms with Gasteiger partial charge in [0.2, 0.25) is 5.88 Å². The standard InChI is InChI=1S/C16H15F3N4O4/c1-8-7-22(11-5-4-10(16(17,18)19)13(21-11)26-2)14(24)12-9(15(25)27-3)6-20-23(8)12/h4-6,8H,7H2,1-3H3/t8-/m0/s1. The van der Waals surface area contributed by atoms with Crippen molar-refractivity contribution in [3.8, 4) is 5.88 Å². The number of fused-ring (bicyclic) bond motifs is 1. The molecule has 0 N–H and O–H groups in total. The molecule has 8 nitrogen and oxygen atoms in total. The summed E-state index contributed by atoms with van der Waals surface area (Å²) in [7, 11) is 2.23. The maximum absolute atomic E-state index is 13.0. The summed E-state index contributed by atoms with van der Waals surface area (Å²) in [6.45, 7) is 1.86. The van der Waals surface area contributed by atoms with E-state index in [9.17, 15) is 22.8 Å². The molecule has 0 spiro atoms. The number of amides is 1. The number of hydrogen-bond donors (Lipinski definition) is 0. The molecule has 1 aliphatic rings. The van der Waals surface area contributed by atoms with Crippen LogP contribution < -0.4 is 9.64 Å². The van der Waals surface area contributed by atoms with Gasteiger partial charge in [0, 0.05) is 6.54 Å². The van der Waals surface area contributed by atoms with Crippen molar-refractivity contribution in [1.29, 1.82) is 0 Å². The Labute approximate surface area is 151 Å². The van der Waals surface area contributed by atoms with Crippen molar-refractivity contribution in [3.63, 3.8) is 0 Å². The average molecular weight is 384 g/mol. The largest absolute Gasteiger partial charge is 0.481 e. The smallest absolute Gasteiger partial charge is 0.421 e. The molecule has 3 rings (SSSR count). The zero-order valence-corrected chi connectivity index (χ0v) is 14.6. The molecule has 1 atom stereocenters. The predicted molar refractivity (Wildman–Crippen MR) is 85.7 cm³/mol. The van der Waals surface area contributed by atoms with E-state index in [-0.39, 0.29) is 29.7 Å². The third-order valence-corrected chi connectivity index (χ3v) is 4.13. The molecule has 144 valence electrons. The summed E-state index contributed by atoms with van der Waals surface area (Å²) in [5.41, 5.74) is -1.09. The number of aromatic nitrogens is 3. The van der Waals surface area contributed by atoms with E-state index < -0.39 is 29.5 Å². The van der Waals surface area contributed by atoms with Crippen molar-refractivity contribution < 1.29 is 32.2 Å².